The Morgan fingerprint density at radius 2 is 1.96 bits per heavy atom. The van der Waals surface area contributed by atoms with Crippen LogP contribution >= 0.6 is 0 Å². The number of furan rings is 1. The molecule has 2 aromatic rings. The summed E-state index contributed by atoms with van der Waals surface area (Å²) in [5.41, 5.74) is 0.910. The molecule has 0 saturated heterocycles. The third-order valence-corrected chi connectivity index (χ3v) is 4.92. The maximum Gasteiger partial charge on any atom is 0.196 e. The maximum absolute atomic E-state index is 12.9. The predicted molar refractivity (Wildman–Crippen MR) is 90.5 cm³/mol. The standard InChI is InChI=1S/C20H22O4/c1-19(2)9-17(21)20(3,12-19)16-11-24-10-15(16)18(22)13-6-5-7-14(8-13)23-4/h5-8,10-11H,9,12H2,1-4H3. The van der Waals surface area contributed by atoms with Crippen molar-refractivity contribution in [3.05, 3.63) is 53.5 Å². The van der Waals surface area contributed by atoms with E-state index in [0.29, 0.717) is 35.3 Å². The fourth-order valence-electron chi connectivity index (χ4n) is 3.81. The van der Waals surface area contributed by atoms with Gasteiger partial charge in [-0.3, -0.25) is 9.59 Å². The van der Waals surface area contributed by atoms with Gasteiger partial charge >= 0.3 is 0 Å². The van der Waals surface area contributed by atoms with Crippen molar-refractivity contribution in [2.45, 2.75) is 39.0 Å². The maximum atomic E-state index is 12.9. The van der Waals surface area contributed by atoms with Crippen molar-refractivity contribution in [2.24, 2.45) is 5.41 Å². The third kappa shape index (κ3) is 2.66. The van der Waals surface area contributed by atoms with Gasteiger partial charge in [0.2, 0.25) is 0 Å². The van der Waals surface area contributed by atoms with Gasteiger partial charge in [0.15, 0.2) is 5.78 Å². The zero-order valence-electron chi connectivity index (χ0n) is 14.5. The minimum absolute atomic E-state index is 0.0701. The summed E-state index contributed by atoms with van der Waals surface area (Å²) in [6.45, 7) is 6.08. The Morgan fingerprint density at radius 3 is 2.58 bits per heavy atom. The van der Waals surface area contributed by atoms with Crippen LogP contribution in [0.15, 0.2) is 41.2 Å². The van der Waals surface area contributed by atoms with Crippen LogP contribution in [0.5, 0.6) is 5.75 Å². The van der Waals surface area contributed by atoms with E-state index in [2.05, 4.69) is 13.8 Å². The molecular formula is C20H22O4. The molecule has 1 aliphatic rings. The zero-order chi connectivity index (χ0) is 17.5. The van der Waals surface area contributed by atoms with Crippen molar-refractivity contribution in [3.63, 3.8) is 0 Å². The van der Waals surface area contributed by atoms with Crippen LogP contribution in [-0.4, -0.2) is 18.7 Å². The molecule has 3 rings (SSSR count). The summed E-state index contributed by atoms with van der Waals surface area (Å²) in [7, 11) is 1.56. The molecule has 1 aliphatic carbocycles. The largest absolute Gasteiger partial charge is 0.497 e. The van der Waals surface area contributed by atoms with E-state index in [9.17, 15) is 9.59 Å². The van der Waals surface area contributed by atoms with Crippen molar-refractivity contribution in [1.82, 2.24) is 0 Å². The quantitative estimate of drug-likeness (QED) is 0.791. The highest BCUT2D eigenvalue weighted by Gasteiger charge is 2.50. The van der Waals surface area contributed by atoms with Gasteiger partial charge in [0.1, 0.15) is 17.8 Å². The van der Waals surface area contributed by atoms with Crippen molar-refractivity contribution in [3.8, 4) is 5.75 Å². The van der Waals surface area contributed by atoms with Crippen LogP contribution in [0.1, 0.15) is 55.1 Å². The van der Waals surface area contributed by atoms with Gasteiger partial charge in [-0.05, 0) is 30.9 Å². The second-order valence-electron chi connectivity index (χ2n) is 7.53. The molecule has 4 heteroatoms. The molecule has 1 heterocycles. The molecule has 0 amide bonds. The third-order valence-electron chi connectivity index (χ3n) is 4.92. The van der Waals surface area contributed by atoms with Gasteiger partial charge in [0.05, 0.1) is 24.4 Å². The molecule has 4 nitrogen and oxygen atoms in total. The number of Topliss-reactive ketones (excluding diaryl/α,β-unsaturated/α-hetero) is 1. The van der Waals surface area contributed by atoms with E-state index in [0.717, 1.165) is 0 Å². The number of benzene rings is 1. The molecule has 1 unspecified atom stereocenters. The summed E-state index contributed by atoms with van der Waals surface area (Å²) in [5.74, 6) is 0.625. The number of hydrogen-bond donors (Lipinski definition) is 0. The van der Waals surface area contributed by atoms with Crippen molar-refractivity contribution < 1.29 is 18.7 Å². The van der Waals surface area contributed by atoms with E-state index in [1.54, 1.807) is 37.6 Å². The smallest absolute Gasteiger partial charge is 0.196 e. The lowest BCUT2D eigenvalue weighted by atomic mass is 9.76. The van der Waals surface area contributed by atoms with Crippen LogP contribution in [0, 0.1) is 5.41 Å². The number of methoxy groups -OCH3 is 1. The first-order chi connectivity index (χ1) is 11.3. The van der Waals surface area contributed by atoms with E-state index < -0.39 is 5.41 Å². The Hall–Kier alpha value is -2.36. The Labute approximate surface area is 141 Å². The molecule has 0 radical (unpaired) electrons. The van der Waals surface area contributed by atoms with Crippen LogP contribution in [0.25, 0.3) is 0 Å². The number of carbonyl (C=O) groups excluding carboxylic acids is 2. The zero-order valence-corrected chi connectivity index (χ0v) is 14.5. The molecule has 1 aromatic carbocycles. The van der Waals surface area contributed by atoms with Gasteiger partial charge in [-0.15, -0.1) is 0 Å². The van der Waals surface area contributed by atoms with Crippen molar-refractivity contribution in [2.75, 3.05) is 7.11 Å². The van der Waals surface area contributed by atoms with Gasteiger partial charge in [0, 0.05) is 17.5 Å². The SMILES string of the molecule is COc1cccc(C(=O)c2cocc2C2(C)CC(C)(C)CC2=O)c1. The molecule has 1 fully saturated rings. The first-order valence-electron chi connectivity index (χ1n) is 8.05. The molecule has 126 valence electrons. The number of carbonyl (C=O) groups is 2. The van der Waals surface area contributed by atoms with Crippen LogP contribution in [0.2, 0.25) is 0 Å². The van der Waals surface area contributed by atoms with E-state index in [1.165, 1.54) is 6.26 Å². The molecule has 1 atom stereocenters. The fourth-order valence-corrected chi connectivity index (χ4v) is 3.81. The molecule has 0 aliphatic heterocycles. The number of ketones is 2. The molecule has 0 bridgehead atoms. The topological polar surface area (TPSA) is 56.5 Å². The monoisotopic (exact) mass is 326 g/mol. The van der Waals surface area contributed by atoms with Gasteiger partial charge in [0.25, 0.3) is 0 Å². The van der Waals surface area contributed by atoms with Crippen molar-refractivity contribution in [1.29, 1.82) is 0 Å². The Bertz CT molecular complexity index is 799. The van der Waals surface area contributed by atoms with E-state index in [4.69, 9.17) is 9.15 Å². The summed E-state index contributed by atoms with van der Waals surface area (Å²) >= 11 is 0. The van der Waals surface area contributed by atoms with E-state index in [1.807, 2.05) is 6.92 Å². The Balaban J connectivity index is 2.02. The lowest BCUT2D eigenvalue weighted by Gasteiger charge is -2.24. The summed E-state index contributed by atoms with van der Waals surface area (Å²) < 4.78 is 10.5. The van der Waals surface area contributed by atoms with Crippen LogP contribution < -0.4 is 4.74 Å². The fraction of sp³-hybridized carbons (Fsp3) is 0.400. The van der Waals surface area contributed by atoms with Crippen LogP contribution in [0.3, 0.4) is 0 Å². The summed E-state index contributed by atoms with van der Waals surface area (Å²) in [6.07, 6.45) is 4.21. The first-order valence-corrected chi connectivity index (χ1v) is 8.05. The predicted octanol–water partition coefficient (Wildman–Crippen LogP) is 4.17. The van der Waals surface area contributed by atoms with Crippen LogP contribution in [-0.2, 0) is 10.2 Å². The van der Waals surface area contributed by atoms with Crippen molar-refractivity contribution >= 4 is 11.6 Å². The number of hydrogen-bond acceptors (Lipinski definition) is 4. The highest BCUT2D eigenvalue weighted by atomic mass is 16.5. The van der Waals surface area contributed by atoms with Gasteiger partial charge < -0.3 is 9.15 Å². The number of ether oxygens (including phenoxy) is 1. The van der Waals surface area contributed by atoms with Gasteiger partial charge in [-0.1, -0.05) is 26.0 Å². The highest BCUT2D eigenvalue weighted by Crippen LogP contribution is 2.49. The van der Waals surface area contributed by atoms with E-state index in [-0.39, 0.29) is 17.0 Å². The lowest BCUT2D eigenvalue weighted by Crippen LogP contribution is -2.28. The Morgan fingerprint density at radius 1 is 1.21 bits per heavy atom. The minimum atomic E-state index is -0.680. The summed E-state index contributed by atoms with van der Waals surface area (Å²) in [4.78, 5) is 25.6. The molecule has 1 aromatic heterocycles. The average Bonchev–Trinajstić information content (AvgIpc) is 3.10. The first kappa shape index (κ1) is 16.5. The second-order valence-corrected chi connectivity index (χ2v) is 7.53. The summed E-state index contributed by atoms with van der Waals surface area (Å²) in [6, 6.07) is 7.00. The molecule has 1 saturated carbocycles. The second kappa shape index (κ2) is 5.62. The number of rotatable bonds is 4. The van der Waals surface area contributed by atoms with E-state index >= 15 is 0 Å². The van der Waals surface area contributed by atoms with Gasteiger partial charge in [-0.2, -0.15) is 0 Å². The average molecular weight is 326 g/mol. The molecular weight excluding hydrogens is 304 g/mol. The lowest BCUT2D eigenvalue weighted by molar-refractivity contribution is -0.121. The summed E-state index contributed by atoms with van der Waals surface area (Å²) in [5, 5.41) is 0. The van der Waals surface area contributed by atoms with Crippen LogP contribution in [0.4, 0.5) is 0 Å². The molecule has 0 N–H and O–H groups in total. The molecule has 0 spiro atoms. The normalized spacial score (nSPS) is 22.6. The Kier molecular flexibility index (Phi) is 3.86. The van der Waals surface area contributed by atoms with Gasteiger partial charge in [-0.25, -0.2) is 0 Å². The molecule has 24 heavy (non-hydrogen) atoms. The minimum Gasteiger partial charge on any atom is -0.497 e. The highest BCUT2D eigenvalue weighted by molar-refractivity contribution is 6.11.